The lowest BCUT2D eigenvalue weighted by Gasteiger charge is -2.54. The zero-order valence-corrected chi connectivity index (χ0v) is 15.7. The maximum absolute atomic E-state index is 12.6. The van der Waals surface area contributed by atoms with Gasteiger partial charge in [0.1, 0.15) is 17.4 Å². The third-order valence-corrected chi connectivity index (χ3v) is 5.96. The van der Waals surface area contributed by atoms with Crippen LogP contribution in [0, 0.1) is 0 Å². The minimum atomic E-state index is -0.397. The third kappa shape index (κ3) is 3.66. The standard InChI is InChI=1S/C20H27N3O4/c1-22-11-20(27-10-17(22)18(25)21-15-6-2-3-7-15)12-23(13-20)19(26)14-5-4-8-16(24)9-14/h4-5,8-9,15,17,24H,2-3,6-7,10-13H2,1H3,(H,21,25)/t17-/m1/s1. The molecule has 1 aliphatic carbocycles. The van der Waals surface area contributed by atoms with Gasteiger partial charge in [-0.15, -0.1) is 0 Å². The van der Waals surface area contributed by atoms with E-state index < -0.39 is 5.60 Å². The molecule has 0 unspecified atom stereocenters. The van der Waals surface area contributed by atoms with Crippen molar-refractivity contribution in [1.29, 1.82) is 0 Å². The predicted molar refractivity (Wildman–Crippen MR) is 99.5 cm³/mol. The summed E-state index contributed by atoms with van der Waals surface area (Å²) in [4.78, 5) is 28.9. The van der Waals surface area contributed by atoms with Crippen molar-refractivity contribution in [2.45, 2.75) is 43.4 Å². The number of benzene rings is 1. The van der Waals surface area contributed by atoms with Crippen molar-refractivity contribution in [3.63, 3.8) is 0 Å². The van der Waals surface area contributed by atoms with Crippen molar-refractivity contribution in [1.82, 2.24) is 15.1 Å². The number of hydrogen-bond donors (Lipinski definition) is 2. The van der Waals surface area contributed by atoms with Crippen LogP contribution in [0.4, 0.5) is 0 Å². The van der Waals surface area contributed by atoms with Gasteiger partial charge in [0.05, 0.1) is 19.7 Å². The number of likely N-dealkylation sites (N-methyl/N-ethyl adjacent to an activating group) is 1. The van der Waals surface area contributed by atoms with Crippen LogP contribution in [0.1, 0.15) is 36.0 Å². The molecule has 7 heteroatoms. The molecule has 2 amide bonds. The predicted octanol–water partition coefficient (Wildman–Crippen LogP) is 0.976. The van der Waals surface area contributed by atoms with Crippen molar-refractivity contribution in [2.24, 2.45) is 0 Å². The highest BCUT2D eigenvalue weighted by atomic mass is 16.5. The second kappa shape index (κ2) is 7.13. The summed E-state index contributed by atoms with van der Waals surface area (Å²) in [5.74, 6) is 0.0241. The number of phenols is 1. The first kappa shape index (κ1) is 18.3. The number of likely N-dealkylation sites (tertiary alicyclic amines) is 1. The molecule has 0 aromatic heterocycles. The van der Waals surface area contributed by atoms with Crippen LogP contribution >= 0.6 is 0 Å². The van der Waals surface area contributed by atoms with E-state index in [9.17, 15) is 14.7 Å². The Morgan fingerprint density at radius 2 is 1.96 bits per heavy atom. The molecular formula is C20H27N3O4. The lowest BCUT2D eigenvalue weighted by Crippen LogP contribution is -2.73. The molecule has 27 heavy (non-hydrogen) atoms. The van der Waals surface area contributed by atoms with E-state index in [2.05, 4.69) is 5.32 Å². The summed E-state index contributed by atoms with van der Waals surface area (Å²) in [5.41, 5.74) is 0.0774. The Labute approximate surface area is 159 Å². The smallest absolute Gasteiger partial charge is 0.254 e. The highest BCUT2D eigenvalue weighted by Crippen LogP contribution is 2.32. The van der Waals surface area contributed by atoms with Gasteiger partial charge in [-0.1, -0.05) is 18.9 Å². The molecule has 146 valence electrons. The number of morpholine rings is 1. The molecule has 1 saturated carbocycles. The lowest BCUT2D eigenvalue weighted by molar-refractivity contribution is -0.187. The molecule has 0 radical (unpaired) electrons. The van der Waals surface area contributed by atoms with Crippen LogP contribution in [0.2, 0.25) is 0 Å². The molecule has 1 aromatic carbocycles. The minimum Gasteiger partial charge on any atom is -0.508 e. The molecule has 4 rings (SSSR count). The van der Waals surface area contributed by atoms with Crippen LogP contribution in [0.15, 0.2) is 24.3 Å². The highest BCUT2D eigenvalue weighted by molar-refractivity contribution is 5.95. The summed E-state index contributed by atoms with van der Waals surface area (Å²) in [6.07, 6.45) is 4.51. The number of ether oxygens (including phenoxy) is 1. The SMILES string of the molecule is CN1CC2(CN(C(=O)c3cccc(O)c3)C2)OC[C@@H]1C(=O)NC1CCCC1. The van der Waals surface area contributed by atoms with Crippen LogP contribution in [0.5, 0.6) is 5.75 Å². The van der Waals surface area contributed by atoms with E-state index in [1.54, 1.807) is 23.1 Å². The number of phenolic OH excluding ortho intramolecular Hbond substituents is 1. The quantitative estimate of drug-likeness (QED) is 0.825. The highest BCUT2D eigenvalue weighted by Gasteiger charge is 2.51. The summed E-state index contributed by atoms with van der Waals surface area (Å²) in [7, 11) is 1.95. The fourth-order valence-electron chi connectivity index (χ4n) is 4.44. The monoisotopic (exact) mass is 373 g/mol. The van der Waals surface area contributed by atoms with Crippen molar-refractivity contribution < 1.29 is 19.4 Å². The van der Waals surface area contributed by atoms with Crippen LogP contribution in [0.25, 0.3) is 0 Å². The van der Waals surface area contributed by atoms with Crippen LogP contribution in [0.3, 0.4) is 0 Å². The molecule has 7 nitrogen and oxygen atoms in total. The van der Waals surface area contributed by atoms with Gasteiger partial charge in [0.15, 0.2) is 0 Å². The summed E-state index contributed by atoms with van der Waals surface area (Å²) in [5, 5.41) is 12.7. The summed E-state index contributed by atoms with van der Waals surface area (Å²) in [6, 6.07) is 6.42. The Hall–Kier alpha value is -2.12. The third-order valence-electron chi connectivity index (χ3n) is 5.96. The van der Waals surface area contributed by atoms with Gasteiger partial charge in [-0.3, -0.25) is 14.5 Å². The van der Waals surface area contributed by atoms with E-state index in [1.807, 2.05) is 11.9 Å². The second-order valence-corrected chi connectivity index (χ2v) is 8.13. The largest absolute Gasteiger partial charge is 0.508 e. The van der Waals surface area contributed by atoms with Crippen LogP contribution < -0.4 is 5.32 Å². The van der Waals surface area contributed by atoms with E-state index in [4.69, 9.17) is 4.74 Å². The topological polar surface area (TPSA) is 82.1 Å². The zero-order valence-electron chi connectivity index (χ0n) is 15.7. The van der Waals surface area contributed by atoms with Crippen molar-refractivity contribution in [3.05, 3.63) is 29.8 Å². The number of nitrogens with one attached hydrogen (secondary N) is 1. The van der Waals surface area contributed by atoms with Crippen LogP contribution in [-0.4, -0.2) is 77.7 Å². The molecule has 3 aliphatic rings. The van der Waals surface area contributed by atoms with Gasteiger partial charge < -0.3 is 20.1 Å². The average Bonchev–Trinajstić information content (AvgIpc) is 3.11. The minimum absolute atomic E-state index is 0.0475. The Kier molecular flexibility index (Phi) is 4.82. The van der Waals surface area contributed by atoms with Gasteiger partial charge in [0.25, 0.3) is 5.91 Å². The van der Waals surface area contributed by atoms with Crippen molar-refractivity contribution >= 4 is 11.8 Å². The van der Waals surface area contributed by atoms with Gasteiger partial charge in [-0.2, -0.15) is 0 Å². The molecule has 2 saturated heterocycles. The number of rotatable bonds is 3. The van der Waals surface area contributed by atoms with E-state index in [0.29, 0.717) is 37.8 Å². The molecule has 2 aliphatic heterocycles. The van der Waals surface area contributed by atoms with Crippen LogP contribution in [-0.2, 0) is 9.53 Å². The first-order valence-electron chi connectivity index (χ1n) is 9.69. The van der Waals surface area contributed by atoms with Gasteiger partial charge in [-0.05, 0) is 38.1 Å². The molecule has 3 fully saturated rings. The summed E-state index contributed by atoms with van der Waals surface area (Å²) in [6.45, 7) is 1.98. The number of nitrogens with zero attached hydrogens (tertiary/aromatic N) is 2. The Bertz CT molecular complexity index is 726. The summed E-state index contributed by atoms with van der Waals surface area (Å²) < 4.78 is 6.06. The second-order valence-electron chi connectivity index (χ2n) is 8.13. The lowest BCUT2D eigenvalue weighted by atomic mass is 9.90. The Morgan fingerprint density at radius 1 is 1.22 bits per heavy atom. The molecular weight excluding hydrogens is 346 g/mol. The molecule has 1 aromatic rings. The van der Waals surface area contributed by atoms with E-state index in [0.717, 1.165) is 12.8 Å². The fraction of sp³-hybridized carbons (Fsp3) is 0.600. The number of carbonyl (C=O) groups excluding carboxylic acids is 2. The van der Waals surface area contributed by atoms with E-state index in [1.165, 1.54) is 18.9 Å². The van der Waals surface area contributed by atoms with Gasteiger partial charge in [0.2, 0.25) is 5.91 Å². The Morgan fingerprint density at radius 3 is 2.63 bits per heavy atom. The Balaban J connectivity index is 1.31. The van der Waals surface area contributed by atoms with Gasteiger partial charge >= 0.3 is 0 Å². The summed E-state index contributed by atoms with van der Waals surface area (Å²) >= 11 is 0. The number of amides is 2. The van der Waals surface area contributed by atoms with Gasteiger partial charge in [-0.25, -0.2) is 0 Å². The first-order chi connectivity index (χ1) is 13.0. The molecule has 0 bridgehead atoms. The molecule has 1 spiro atoms. The molecule has 1 atom stereocenters. The normalized spacial score (nSPS) is 25.4. The number of carbonyl (C=O) groups is 2. The molecule has 2 heterocycles. The first-order valence-corrected chi connectivity index (χ1v) is 9.69. The maximum atomic E-state index is 12.6. The van der Waals surface area contributed by atoms with Crippen molar-refractivity contribution in [2.75, 3.05) is 33.3 Å². The van der Waals surface area contributed by atoms with Crippen molar-refractivity contribution in [3.8, 4) is 5.75 Å². The van der Waals surface area contributed by atoms with E-state index >= 15 is 0 Å². The average molecular weight is 373 g/mol. The molecule has 2 N–H and O–H groups in total. The number of aromatic hydroxyl groups is 1. The zero-order chi connectivity index (χ0) is 19.0. The fourth-order valence-corrected chi connectivity index (χ4v) is 4.44. The number of hydrogen-bond acceptors (Lipinski definition) is 5. The van der Waals surface area contributed by atoms with E-state index in [-0.39, 0.29) is 23.6 Å². The van der Waals surface area contributed by atoms with Gasteiger partial charge in [0, 0.05) is 18.2 Å². The maximum Gasteiger partial charge on any atom is 0.254 e.